The van der Waals surface area contributed by atoms with Gasteiger partial charge >= 0.3 is 5.95 Å². The van der Waals surface area contributed by atoms with Crippen LogP contribution in [0.3, 0.4) is 0 Å². The Morgan fingerprint density at radius 1 is 1.33 bits per heavy atom. The summed E-state index contributed by atoms with van der Waals surface area (Å²) in [6, 6.07) is 8.93. The zero-order valence-corrected chi connectivity index (χ0v) is 10.8. The first-order valence-corrected chi connectivity index (χ1v) is 6.10. The smallest absolute Gasteiger partial charge is 0.399 e. The predicted octanol–water partition coefficient (Wildman–Crippen LogP) is 2.08. The number of aromatic nitrogens is 3. The van der Waals surface area contributed by atoms with Crippen molar-refractivity contribution in [3.05, 3.63) is 58.6 Å². The zero-order chi connectivity index (χ0) is 14.8. The van der Waals surface area contributed by atoms with Gasteiger partial charge in [0.1, 0.15) is 24.6 Å². The first-order chi connectivity index (χ1) is 10.1. The molecule has 21 heavy (non-hydrogen) atoms. The largest absolute Gasteiger partial charge is 0.434 e. The normalized spacial score (nSPS) is 10.7. The van der Waals surface area contributed by atoms with E-state index in [1.54, 1.807) is 18.2 Å². The van der Waals surface area contributed by atoms with Crippen molar-refractivity contribution in [1.82, 2.24) is 14.7 Å². The first kappa shape index (κ1) is 12.9. The number of imidazole rings is 1. The summed E-state index contributed by atoms with van der Waals surface area (Å²) in [5, 5.41) is 14.7. The lowest BCUT2D eigenvalue weighted by molar-refractivity contribution is -0.396. The summed E-state index contributed by atoms with van der Waals surface area (Å²) < 4.78 is 6.59. The van der Waals surface area contributed by atoms with Crippen LogP contribution in [0, 0.1) is 10.1 Å². The van der Waals surface area contributed by atoms with Crippen molar-refractivity contribution in [2.45, 2.75) is 6.54 Å². The van der Waals surface area contributed by atoms with Gasteiger partial charge in [-0.25, -0.2) is 4.57 Å². The highest BCUT2D eigenvalue weighted by Crippen LogP contribution is 2.21. The Balaban J connectivity index is 1.83. The quantitative estimate of drug-likeness (QED) is 0.446. The maximum absolute atomic E-state index is 10.8. The molecule has 0 amide bonds. The van der Waals surface area contributed by atoms with Crippen LogP contribution in [0.2, 0.25) is 0 Å². The molecule has 2 aromatic heterocycles. The van der Waals surface area contributed by atoms with Crippen LogP contribution in [0.25, 0.3) is 11.3 Å². The van der Waals surface area contributed by atoms with Crippen LogP contribution in [-0.2, 0) is 6.54 Å². The second-order valence-corrected chi connectivity index (χ2v) is 4.41. The molecule has 0 aliphatic carbocycles. The molecule has 8 nitrogen and oxygen atoms in total. The van der Waals surface area contributed by atoms with Gasteiger partial charge in [-0.2, -0.15) is 0 Å². The predicted molar refractivity (Wildman–Crippen MR) is 74.3 cm³/mol. The fourth-order valence-electron chi connectivity index (χ4n) is 1.94. The molecule has 0 aliphatic heterocycles. The van der Waals surface area contributed by atoms with E-state index < -0.39 is 4.92 Å². The van der Waals surface area contributed by atoms with Crippen molar-refractivity contribution < 1.29 is 9.45 Å². The van der Waals surface area contributed by atoms with Gasteiger partial charge in [0, 0.05) is 17.3 Å². The second-order valence-electron chi connectivity index (χ2n) is 4.41. The molecule has 0 saturated heterocycles. The topological polar surface area (TPSA) is 113 Å². The Morgan fingerprint density at radius 3 is 2.81 bits per heavy atom. The van der Waals surface area contributed by atoms with Gasteiger partial charge in [0.15, 0.2) is 5.76 Å². The highest BCUT2D eigenvalue weighted by atomic mass is 16.6. The minimum atomic E-state index is -0.544. The summed E-state index contributed by atoms with van der Waals surface area (Å²) >= 11 is 0. The van der Waals surface area contributed by atoms with E-state index >= 15 is 0 Å². The van der Waals surface area contributed by atoms with Gasteiger partial charge < -0.3 is 20.4 Å². The number of nitrogen functional groups attached to an aromatic ring is 1. The fraction of sp³-hybridized carbons (Fsp3) is 0.0769. The third-order valence-electron chi connectivity index (χ3n) is 2.95. The molecular weight excluding hydrogens is 274 g/mol. The molecular formula is C13H11N5O3. The number of benzene rings is 1. The highest BCUT2D eigenvalue weighted by Gasteiger charge is 2.16. The minimum absolute atomic E-state index is 0.193. The van der Waals surface area contributed by atoms with E-state index in [2.05, 4.69) is 10.1 Å². The van der Waals surface area contributed by atoms with Gasteiger partial charge in [-0.05, 0) is 17.1 Å². The Labute approximate surface area is 119 Å². The van der Waals surface area contributed by atoms with Gasteiger partial charge in [0.2, 0.25) is 0 Å². The van der Waals surface area contributed by atoms with Crippen molar-refractivity contribution in [2.24, 2.45) is 0 Å². The van der Waals surface area contributed by atoms with Crippen LogP contribution in [0.15, 0.2) is 47.2 Å². The highest BCUT2D eigenvalue weighted by molar-refractivity contribution is 5.61. The molecule has 1 aromatic carbocycles. The van der Waals surface area contributed by atoms with E-state index in [-0.39, 0.29) is 12.5 Å². The van der Waals surface area contributed by atoms with Crippen LogP contribution in [-0.4, -0.2) is 19.6 Å². The van der Waals surface area contributed by atoms with E-state index in [4.69, 9.17) is 10.3 Å². The molecule has 3 rings (SSSR count). The van der Waals surface area contributed by atoms with Crippen molar-refractivity contribution in [2.75, 3.05) is 5.73 Å². The van der Waals surface area contributed by atoms with Crippen LogP contribution < -0.4 is 5.73 Å². The maximum atomic E-state index is 10.8. The molecule has 2 heterocycles. The Bertz CT molecular complexity index is 775. The van der Waals surface area contributed by atoms with Crippen LogP contribution in [0.1, 0.15) is 5.76 Å². The average Bonchev–Trinajstić information content (AvgIpc) is 3.09. The van der Waals surface area contributed by atoms with Crippen LogP contribution in [0.4, 0.5) is 11.6 Å². The summed E-state index contributed by atoms with van der Waals surface area (Å²) in [6.07, 6.45) is 2.89. The van der Waals surface area contributed by atoms with Gasteiger partial charge in [-0.3, -0.25) is 0 Å². The minimum Gasteiger partial charge on any atom is -0.399 e. The molecule has 106 valence electrons. The van der Waals surface area contributed by atoms with Crippen LogP contribution in [0.5, 0.6) is 0 Å². The molecule has 8 heteroatoms. The van der Waals surface area contributed by atoms with Crippen molar-refractivity contribution in [1.29, 1.82) is 0 Å². The lowest BCUT2D eigenvalue weighted by Gasteiger charge is -1.97. The molecule has 0 saturated carbocycles. The number of rotatable bonds is 4. The first-order valence-electron chi connectivity index (χ1n) is 6.10. The number of nitro groups is 1. The van der Waals surface area contributed by atoms with Crippen molar-refractivity contribution >= 4 is 11.6 Å². The molecule has 0 spiro atoms. The van der Waals surface area contributed by atoms with Gasteiger partial charge in [-0.1, -0.05) is 22.3 Å². The van der Waals surface area contributed by atoms with Crippen molar-refractivity contribution in [3.63, 3.8) is 0 Å². The third-order valence-corrected chi connectivity index (χ3v) is 2.95. The van der Waals surface area contributed by atoms with E-state index in [1.807, 2.05) is 12.1 Å². The second kappa shape index (κ2) is 5.08. The number of hydrogen-bond donors (Lipinski definition) is 1. The molecule has 0 radical (unpaired) electrons. The molecule has 3 aromatic rings. The Hall–Kier alpha value is -3.16. The monoisotopic (exact) mass is 285 g/mol. The maximum Gasteiger partial charge on any atom is 0.434 e. The third kappa shape index (κ3) is 2.59. The van der Waals surface area contributed by atoms with E-state index in [1.165, 1.54) is 17.0 Å². The summed E-state index contributed by atoms with van der Waals surface area (Å²) in [5.41, 5.74) is 7.80. The number of nitrogens with two attached hydrogens (primary N) is 1. The average molecular weight is 285 g/mol. The summed E-state index contributed by atoms with van der Waals surface area (Å²) in [7, 11) is 0. The standard InChI is InChI=1S/C13H11N5O3/c14-10-3-1-9(2-4-10)12-7-11(21-16-12)8-17-6-5-15-13(17)18(19)20/h1-7H,8,14H2. The Kier molecular flexibility index (Phi) is 3.11. The summed E-state index contributed by atoms with van der Waals surface area (Å²) in [5.74, 6) is 0.267. The molecule has 0 unspecified atom stereocenters. The lowest BCUT2D eigenvalue weighted by Crippen LogP contribution is -2.03. The fourth-order valence-corrected chi connectivity index (χ4v) is 1.94. The molecule has 2 N–H and O–H groups in total. The van der Waals surface area contributed by atoms with Gasteiger partial charge in [0.05, 0.1) is 0 Å². The molecule has 0 atom stereocenters. The van der Waals surface area contributed by atoms with Crippen LogP contribution >= 0.6 is 0 Å². The number of nitrogens with zero attached hydrogens (tertiary/aromatic N) is 4. The molecule has 0 bridgehead atoms. The summed E-state index contributed by atoms with van der Waals surface area (Å²) in [4.78, 5) is 13.9. The summed E-state index contributed by atoms with van der Waals surface area (Å²) in [6.45, 7) is 0.193. The van der Waals surface area contributed by atoms with E-state index in [0.29, 0.717) is 17.1 Å². The van der Waals surface area contributed by atoms with E-state index in [0.717, 1.165) is 5.56 Å². The molecule has 0 fully saturated rings. The SMILES string of the molecule is Nc1ccc(-c2cc(Cn3ccnc3[N+](=O)[O-])on2)cc1. The van der Waals surface area contributed by atoms with E-state index in [9.17, 15) is 10.1 Å². The zero-order valence-electron chi connectivity index (χ0n) is 10.8. The number of hydrogen-bond acceptors (Lipinski definition) is 6. The van der Waals surface area contributed by atoms with Gasteiger partial charge in [0.25, 0.3) is 0 Å². The van der Waals surface area contributed by atoms with Gasteiger partial charge in [-0.15, -0.1) is 0 Å². The Morgan fingerprint density at radius 2 is 2.10 bits per heavy atom. The molecule has 0 aliphatic rings. The van der Waals surface area contributed by atoms with Crippen molar-refractivity contribution in [3.8, 4) is 11.3 Å². The number of anilines is 1. The lowest BCUT2D eigenvalue weighted by atomic mass is 10.1.